The van der Waals surface area contributed by atoms with E-state index in [-0.39, 0.29) is 19.1 Å². The second-order valence-electron chi connectivity index (χ2n) is 18.2. The molecule has 0 aliphatic rings. The lowest BCUT2D eigenvalue weighted by Crippen LogP contribution is -2.45. The first kappa shape index (κ1) is 62.2. The highest BCUT2D eigenvalue weighted by Crippen LogP contribution is 2.43. The van der Waals surface area contributed by atoms with Gasteiger partial charge in [0.25, 0.3) is 0 Å². The molecule has 0 bridgehead atoms. The first-order valence-electron chi connectivity index (χ1n) is 25.8. The third-order valence-electron chi connectivity index (χ3n) is 10.7. The Kier molecular flexibility index (Phi) is 44.3. The first-order valence-corrected chi connectivity index (χ1v) is 27.3. The van der Waals surface area contributed by atoms with Crippen molar-refractivity contribution in [2.24, 2.45) is 0 Å². The maximum Gasteiger partial charge on any atom is 0.472 e. The van der Waals surface area contributed by atoms with Crippen molar-refractivity contribution < 1.29 is 32.9 Å². The molecular weight excluding hydrogens is 828 g/mol. The van der Waals surface area contributed by atoms with Gasteiger partial charge in [-0.15, -0.1) is 0 Å². The minimum Gasteiger partial charge on any atom is -0.387 e. The zero-order chi connectivity index (χ0) is 47.8. The van der Waals surface area contributed by atoms with Crippen molar-refractivity contribution in [1.29, 1.82) is 0 Å². The Balaban J connectivity index is 3.94. The van der Waals surface area contributed by atoms with Crippen LogP contribution < -0.4 is 5.32 Å². The number of nitrogens with zero attached hydrogens (tertiary/aromatic N) is 1. The molecule has 0 aromatic heterocycles. The summed E-state index contributed by atoms with van der Waals surface area (Å²) in [7, 11) is 1.55. The van der Waals surface area contributed by atoms with Gasteiger partial charge in [-0.1, -0.05) is 207 Å². The molecule has 9 heteroatoms. The van der Waals surface area contributed by atoms with Gasteiger partial charge in [-0.3, -0.25) is 13.8 Å². The van der Waals surface area contributed by atoms with Gasteiger partial charge in [-0.05, 0) is 83.5 Å². The van der Waals surface area contributed by atoms with Gasteiger partial charge in [-0.25, -0.2) is 4.57 Å². The molecule has 0 aromatic rings. The zero-order valence-electron chi connectivity index (χ0n) is 42.2. The highest BCUT2D eigenvalue weighted by Gasteiger charge is 2.27. The van der Waals surface area contributed by atoms with Crippen LogP contribution in [0.3, 0.4) is 0 Å². The summed E-state index contributed by atoms with van der Waals surface area (Å²) in [6.07, 6.45) is 67.9. The van der Waals surface area contributed by atoms with Crippen LogP contribution in [0.25, 0.3) is 0 Å². The Morgan fingerprint density at radius 3 is 1.35 bits per heavy atom. The van der Waals surface area contributed by atoms with E-state index in [2.05, 4.69) is 116 Å². The Bertz CT molecular complexity index is 1420. The zero-order valence-corrected chi connectivity index (χ0v) is 43.1. The number of carbonyl (C=O) groups excluding carboxylic acids is 1. The second kappa shape index (κ2) is 46.3. The van der Waals surface area contributed by atoms with Gasteiger partial charge in [0.2, 0.25) is 5.91 Å². The van der Waals surface area contributed by atoms with E-state index in [9.17, 15) is 19.4 Å². The van der Waals surface area contributed by atoms with Crippen LogP contribution in [0.15, 0.2) is 109 Å². The number of unbranched alkanes of at least 4 members (excludes halogenated alkanes) is 16. The van der Waals surface area contributed by atoms with Crippen molar-refractivity contribution in [3.05, 3.63) is 109 Å². The van der Waals surface area contributed by atoms with E-state index < -0.39 is 20.0 Å². The topological polar surface area (TPSA) is 105 Å². The minimum atomic E-state index is -4.33. The third kappa shape index (κ3) is 48.9. The van der Waals surface area contributed by atoms with Gasteiger partial charge in [0.15, 0.2) is 0 Å². The molecule has 0 aliphatic heterocycles. The van der Waals surface area contributed by atoms with Gasteiger partial charge in [0.1, 0.15) is 13.2 Å². The minimum absolute atomic E-state index is 0.0559. The van der Waals surface area contributed by atoms with E-state index in [1.165, 1.54) is 70.6 Å². The summed E-state index contributed by atoms with van der Waals surface area (Å²) >= 11 is 0. The maximum absolute atomic E-state index is 12.8. The lowest BCUT2D eigenvalue weighted by Gasteiger charge is -2.25. The molecule has 0 radical (unpaired) electrons. The molecule has 372 valence electrons. The number of hydrogen-bond acceptors (Lipinski definition) is 5. The van der Waals surface area contributed by atoms with Crippen LogP contribution in [0.4, 0.5) is 0 Å². The van der Waals surface area contributed by atoms with Crippen molar-refractivity contribution in [1.82, 2.24) is 5.32 Å². The molecule has 3 N–H and O–H groups in total. The number of carbonyl (C=O) groups is 1. The van der Waals surface area contributed by atoms with Crippen molar-refractivity contribution in [2.45, 2.75) is 199 Å². The normalized spacial score (nSPS) is 15.0. The van der Waals surface area contributed by atoms with E-state index in [1.54, 1.807) is 6.08 Å². The molecule has 0 aliphatic carbocycles. The molecule has 0 saturated carbocycles. The number of aliphatic hydroxyl groups excluding tert-OH is 1. The van der Waals surface area contributed by atoms with Crippen molar-refractivity contribution in [3.8, 4) is 0 Å². The van der Waals surface area contributed by atoms with Crippen LogP contribution in [0.2, 0.25) is 0 Å². The molecule has 8 nitrogen and oxygen atoms in total. The molecule has 0 aromatic carbocycles. The summed E-state index contributed by atoms with van der Waals surface area (Å²) in [4.78, 5) is 23.0. The first-order chi connectivity index (χ1) is 31.5. The number of likely N-dealkylation sites (N-methyl/N-ethyl adjacent to an activating group) is 1. The molecular formula is C56H98N2O6P+. The smallest absolute Gasteiger partial charge is 0.387 e. The monoisotopic (exact) mass is 926 g/mol. The van der Waals surface area contributed by atoms with Crippen molar-refractivity contribution >= 4 is 13.7 Å². The summed E-state index contributed by atoms with van der Waals surface area (Å²) in [5, 5.41) is 13.7. The molecule has 1 amide bonds. The lowest BCUT2D eigenvalue weighted by molar-refractivity contribution is -0.870. The Morgan fingerprint density at radius 1 is 0.538 bits per heavy atom. The maximum atomic E-state index is 12.8. The molecule has 3 unspecified atom stereocenters. The molecule has 3 atom stereocenters. The summed E-state index contributed by atoms with van der Waals surface area (Å²) in [6.45, 7) is 4.59. The van der Waals surface area contributed by atoms with Crippen molar-refractivity contribution in [3.63, 3.8) is 0 Å². The number of phosphoric ester groups is 1. The number of nitrogens with one attached hydrogen (secondary N) is 1. The van der Waals surface area contributed by atoms with Crippen LogP contribution in [0, 0.1) is 0 Å². The average Bonchev–Trinajstić information content (AvgIpc) is 3.26. The molecule has 65 heavy (non-hydrogen) atoms. The number of quaternary nitrogens is 1. The van der Waals surface area contributed by atoms with E-state index in [1.807, 2.05) is 27.2 Å². The van der Waals surface area contributed by atoms with Crippen LogP contribution in [-0.4, -0.2) is 73.4 Å². The number of allylic oxidation sites excluding steroid dienone is 17. The molecule has 0 spiro atoms. The summed E-state index contributed by atoms with van der Waals surface area (Å²) < 4.78 is 23.4. The number of amides is 1. The fourth-order valence-corrected chi connectivity index (χ4v) is 7.44. The summed E-state index contributed by atoms with van der Waals surface area (Å²) in [5.74, 6) is -0.190. The van der Waals surface area contributed by atoms with E-state index in [0.717, 1.165) is 96.3 Å². The predicted octanol–water partition coefficient (Wildman–Crippen LogP) is 15.3. The summed E-state index contributed by atoms with van der Waals surface area (Å²) in [5.41, 5.74) is 0. The number of phosphoric acid groups is 1. The largest absolute Gasteiger partial charge is 0.472 e. The van der Waals surface area contributed by atoms with Crippen molar-refractivity contribution in [2.75, 3.05) is 40.9 Å². The van der Waals surface area contributed by atoms with Crippen LogP contribution in [0.5, 0.6) is 0 Å². The molecule has 0 rings (SSSR count). The highest BCUT2D eigenvalue weighted by molar-refractivity contribution is 7.47. The Morgan fingerprint density at radius 2 is 0.923 bits per heavy atom. The van der Waals surface area contributed by atoms with Crippen LogP contribution >= 0.6 is 7.82 Å². The Labute approximate surface area is 400 Å². The fraction of sp³-hybridized carbons (Fsp3) is 0.661. The number of rotatable bonds is 45. The van der Waals surface area contributed by atoms with Gasteiger partial charge in [-0.2, -0.15) is 0 Å². The number of aliphatic hydroxyl groups is 1. The predicted molar refractivity (Wildman–Crippen MR) is 281 cm³/mol. The molecule has 0 saturated heterocycles. The highest BCUT2D eigenvalue weighted by atomic mass is 31.2. The lowest BCUT2D eigenvalue weighted by atomic mass is 10.0. The van der Waals surface area contributed by atoms with E-state index in [4.69, 9.17) is 9.05 Å². The van der Waals surface area contributed by atoms with Gasteiger partial charge < -0.3 is 19.8 Å². The second-order valence-corrected chi connectivity index (χ2v) is 19.6. The SMILES string of the molecule is CC/C=C\C/C=C\C/C=C\C/C=C\C/C=C\C/C=C\C/C=C\C/C=C\CCCCCCCCCCCCCCC(=O)NC(COP(=O)(O)OCC[N+](C)(C)C)C(O)/C=C/CCCCCC. The van der Waals surface area contributed by atoms with E-state index >= 15 is 0 Å². The van der Waals surface area contributed by atoms with Crippen LogP contribution in [0.1, 0.15) is 187 Å². The standard InChI is InChI=1S/C56H97N2O6P/c1-6-8-10-12-14-15-16-17-18-19-20-21-22-23-24-25-26-27-28-29-30-31-32-33-34-35-36-37-38-39-40-41-42-43-44-46-48-50-56(60)57-54(55(59)49-47-45-13-11-9-7-2)53-64-65(61,62)63-52-51-58(3,4)5/h8,10,14-15,17-18,20-21,23-24,26-27,29-30,32-33,47,49,54-55,59H,6-7,9,11-13,16,19,22,25,28,31,34-46,48,50-53H2,1-5H3,(H-,57,60,61,62)/p+1/b10-8-,15-14-,18-17-,21-20-,24-23-,27-26-,30-29-,33-32-,49-47+. The number of hydrogen-bond donors (Lipinski definition) is 3. The average molecular weight is 926 g/mol. The molecule has 0 heterocycles. The Hall–Kier alpha value is -2.84. The van der Waals surface area contributed by atoms with Gasteiger partial charge >= 0.3 is 7.82 Å². The van der Waals surface area contributed by atoms with Crippen LogP contribution in [-0.2, 0) is 18.4 Å². The summed E-state index contributed by atoms with van der Waals surface area (Å²) in [6, 6.07) is -0.850. The van der Waals surface area contributed by atoms with E-state index in [0.29, 0.717) is 17.4 Å². The molecule has 0 fully saturated rings. The van der Waals surface area contributed by atoms with Gasteiger partial charge in [0, 0.05) is 6.42 Å². The fourth-order valence-electron chi connectivity index (χ4n) is 6.70. The third-order valence-corrected chi connectivity index (χ3v) is 11.7. The van der Waals surface area contributed by atoms with Gasteiger partial charge in [0.05, 0.1) is 39.9 Å². The quantitative estimate of drug-likeness (QED) is 0.0243.